The van der Waals surface area contributed by atoms with Gasteiger partial charge in [-0.15, -0.1) is 0 Å². The lowest BCUT2D eigenvalue weighted by molar-refractivity contribution is -0.114. The van der Waals surface area contributed by atoms with Crippen LogP contribution in [0.5, 0.6) is 0 Å². The molecule has 0 fully saturated rings. The van der Waals surface area contributed by atoms with Gasteiger partial charge in [0.15, 0.2) is 5.78 Å². The smallest absolute Gasteiger partial charge is 0.159 e. The van der Waals surface area contributed by atoms with Crippen molar-refractivity contribution >= 4 is 23.0 Å². The summed E-state index contributed by atoms with van der Waals surface area (Å²) in [6.45, 7) is 0. The van der Waals surface area contributed by atoms with Crippen LogP contribution in [0.25, 0.3) is 0 Å². The molecule has 0 heterocycles. The first kappa shape index (κ1) is 9.13. The molecule has 1 rings (SSSR count). The van der Waals surface area contributed by atoms with E-state index in [-0.39, 0.29) is 5.78 Å². The monoisotopic (exact) mass is 181 g/mol. The Hall–Kier alpha value is -0.960. The van der Waals surface area contributed by atoms with Crippen molar-refractivity contribution in [3.63, 3.8) is 0 Å². The third kappa shape index (κ3) is 2.96. The van der Waals surface area contributed by atoms with Crippen LogP contribution < -0.4 is 5.73 Å². The molecule has 0 unspecified atom stereocenters. The zero-order chi connectivity index (χ0) is 8.97. The van der Waals surface area contributed by atoms with Gasteiger partial charge in [-0.2, -0.15) is 0 Å². The van der Waals surface area contributed by atoms with E-state index in [1.54, 1.807) is 12.2 Å². The van der Waals surface area contributed by atoms with Crippen LogP contribution >= 0.6 is 12.2 Å². The Kier molecular flexibility index (Phi) is 3.17. The van der Waals surface area contributed by atoms with Crippen LogP contribution in [0.15, 0.2) is 23.8 Å². The van der Waals surface area contributed by atoms with Gasteiger partial charge in [0, 0.05) is 12.8 Å². The molecular weight excluding hydrogens is 170 g/mol. The summed E-state index contributed by atoms with van der Waals surface area (Å²) in [6, 6.07) is 0. The average Bonchev–Trinajstić information content (AvgIpc) is 2.01. The number of rotatable bonds is 3. The van der Waals surface area contributed by atoms with Crippen LogP contribution in [0.4, 0.5) is 0 Å². The first-order chi connectivity index (χ1) is 5.68. The molecule has 64 valence electrons. The van der Waals surface area contributed by atoms with Crippen molar-refractivity contribution in [1.82, 2.24) is 0 Å². The number of carbonyl (C=O) groups excluding carboxylic acids is 1. The van der Waals surface area contributed by atoms with Crippen LogP contribution in [0.3, 0.4) is 0 Å². The summed E-state index contributed by atoms with van der Waals surface area (Å²) >= 11 is 4.74. The minimum Gasteiger partial charge on any atom is -0.393 e. The van der Waals surface area contributed by atoms with Crippen molar-refractivity contribution in [1.29, 1.82) is 0 Å². The molecule has 0 spiro atoms. The molecule has 12 heavy (non-hydrogen) atoms. The maximum atomic E-state index is 10.9. The normalized spacial score (nSPS) is 16.0. The van der Waals surface area contributed by atoms with Crippen LogP contribution in [0.2, 0.25) is 0 Å². The summed E-state index contributed by atoms with van der Waals surface area (Å²) in [4.78, 5) is 11.4. The van der Waals surface area contributed by atoms with Crippen LogP contribution in [-0.4, -0.2) is 10.8 Å². The van der Waals surface area contributed by atoms with Crippen LogP contribution in [-0.2, 0) is 4.79 Å². The second-order valence-electron chi connectivity index (χ2n) is 2.79. The largest absolute Gasteiger partial charge is 0.393 e. The molecule has 0 radical (unpaired) electrons. The zero-order valence-corrected chi connectivity index (χ0v) is 7.56. The molecule has 1 aliphatic rings. The van der Waals surface area contributed by atoms with Crippen LogP contribution in [0, 0.1) is 0 Å². The lowest BCUT2D eigenvalue weighted by atomic mass is 10.00. The molecule has 0 aromatic rings. The van der Waals surface area contributed by atoms with E-state index in [9.17, 15) is 4.79 Å². The van der Waals surface area contributed by atoms with Gasteiger partial charge in [0.05, 0.1) is 4.99 Å². The minimum absolute atomic E-state index is 0.162. The topological polar surface area (TPSA) is 43.1 Å². The van der Waals surface area contributed by atoms with Gasteiger partial charge < -0.3 is 5.73 Å². The third-order valence-corrected chi connectivity index (χ3v) is 1.91. The summed E-state index contributed by atoms with van der Waals surface area (Å²) in [5, 5.41) is 0. The molecule has 0 atom stereocenters. The van der Waals surface area contributed by atoms with E-state index in [0.717, 1.165) is 12.0 Å². The summed E-state index contributed by atoms with van der Waals surface area (Å²) in [5.41, 5.74) is 6.47. The molecule has 0 aliphatic heterocycles. The molecule has 3 heteroatoms. The average molecular weight is 181 g/mol. The molecule has 2 N–H and O–H groups in total. The first-order valence-electron chi connectivity index (χ1n) is 3.86. The quantitative estimate of drug-likeness (QED) is 0.671. The molecule has 0 aromatic carbocycles. The van der Waals surface area contributed by atoms with Gasteiger partial charge in [-0.05, 0) is 12.5 Å². The lowest BCUT2D eigenvalue weighted by Gasteiger charge is -2.06. The number of ketones is 1. The number of carbonyl (C=O) groups is 1. The molecule has 2 nitrogen and oxygen atoms in total. The van der Waals surface area contributed by atoms with E-state index in [0.29, 0.717) is 17.8 Å². The number of allylic oxidation sites excluding steroid dienone is 4. The van der Waals surface area contributed by atoms with Crippen LogP contribution in [0.1, 0.15) is 19.3 Å². The fourth-order valence-electron chi connectivity index (χ4n) is 1.09. The fourth-order valence-corrected chi connectivity index (χ4v) is 1.19. The Morgan fingerprint density at radius 2 is 2.42 bits per heavy atom. The highest BCUT2D eigenvalue weighted by atomic mass is 32.1. The Bertz CT molecular complexity index is 266. The highest BCUT2D eigenvalue weighted by Crippen LogP contribution is 2.14. The highest BCUT2D eigenvalue weighted by Gasteiger charge is 2.06. The predicted molar refractivity (Wildman–Crippen MR) is 52.9 cm³/mol. The second-order valence-corrected chi connectivity index (χ2v) is 3.32. The molecule has 0 aromatic heterocycles. The van der Waals surface area contributed by atoms with E-state index < -0.39 is 0 Å². The second kappa shape index (κ2) is 4.16. The van der Waals surface area contributed by atoms with Gasteiger partial charge >= 0.3 is 0 Å². The van der Waals surface area contributed by atoms with E-state index in [4.69, 9.17) is 18.0 Å². The van der Waals surface area contributed by atoms with Crippen molar-refractivity contribution < 1.29 is 4.79 Å². The van der Waals surface area contributed by atoms with E-state index >= 15 is 0 Å². The summed E-state index contributed by atoms with van der Waals surface area (Å²) < 4.78 is 0. The van der Waals surface area contributed by atoms with Crippen molar-refractivity contribution in [3.05, 3.63) is 23.8 Å². The highest BCUT2D eigenvalue weighted by molar-refractivity contribution is 7.80. The molecule has 0 saturated heterocycles. The maximum Gasteiger partial charge on any atom is 0.159 e. The molecule has 1 aliphatic carbocycles. The number of hydrogen-bond acceptors (Lipinski definition) is 2. The lowest BCUT2D eigenvalue weighted by Crippen LogP contribution is -2.09. The summed E-state index contributed by atoms with van der Waals surface area (Å²) in [6.07, 6.45) is 7.36. The molecule has 0 saturated carbocycles. The van der Waals surface area contributed by atoms with Gasteiger partial charge in [0.1, 0.15) is 0 Å². The molecule has 0 amide bonds. The van der Waals surface area contributed by atoms with Crippen molar-refractivity contribution in [2.24, 2.45) is 5.73 Å². The Morgan fingerprint density at radius 3 is 3.00 bits per heavy atom. The molecular formula is C9H11NOS. The zero-order valence-electron chi connectivity index (χ0n) is 6.75. The Labute approximate surface area is 77.1 Å². The third-order valence-electron chi connectivity index (χ3n) is 1.71. The summed E-state index contributed by atoms with van der Waals surface area (Å²) in [7, 11) is 0. The Balaban J connectivity index is 2.43. The number of hydrogen-bond donors (Lipinski definition) is 1. The molecule has 0 bridgehead atoms. The van der Waals surface area contributed by atoms with Crippen molar-refractivity contribution in [2.45, 2.75) is 19.3 Å². The van der Waals surface area contributed by atoms with Crippen molar-refractivity contribution in [3.8, 4) is 0 Å². The standard InChI is InChI=1S/C9H11NOS/c10-9(12)5-4-7-2-1-3-8(11)6-7/h1-3H,4-6H2,(H2,10,12). The minimum atomic E-state index is 0.162. The number of nitrogens with two attached hydrogens (primary N) is 1. The van der Waals surface area contributed by atoms with Gasteiger partial charge in [0.2, 0.25) is 0 Å². The van der Waals surface area contributed by atoms with Gasteiger partial charge in [-0.3, -0.25) is 4.79 Å². The van der Waals surface area contributed by atoms with E-state index in [1.807, 2.05) is 6.08 Å². The predicted octanol–water partition coefficient (Wildman–Crippen LogP) is 1.51. The fraction of sp³-hybridized carbons (Fsp3) is 0.333. The Morgan fingerprint density at radius 1 is 1.67 bits per heavy atom. The van der Waals surface area contributed by atoms with Crippen molar-refractivity contribution in [2.75, 3.05) is 0 Å². The SMILES string of the molecule is NC(=S)CCC1=CC=CC(=O)C1. The van der Waals surface area contributed by atoms with E-state index in [1.165, 1.54) is 0 Å². The number of thiocarbonyl (C=S) groups is 1. The van der Waals surface area contributed by atoms with Gasteiger partial charge in [-0.1, -0.05) is 29.9 Å². The van der Waals surface area contributed by atoms with Gasteiger partial charge in [0.25, 0.3) is 0 Å². The summed E-state index contributed by atoms with van der Waals surface area (Å²) in [5.74, 6) is 0.162. The van der Waals surface area contributed by atoms with E-state index in [2.05, 4.69) is 0 Å². The first-order valence-corrected chi connectivity index (χ1v) is 4.26. The maximum absolute atomic E-state index is 10.9. The van der Waals surface area contributed by atoms with Gasteiger partial charge in [-0.25, -0.2) is 0 Å².